The quantitative estimate of drug-likeness (QED) is 0.763. The van der Waals surface area contributed by atoms with E-state index in [1.165, 1.54) is 6.39 Å². The van der Waals surface area contributed by atoms with Crippen LogP contribution in [0.25, 0.3) is 11.1 Å². The maximum atomic E-state index is 5.94. The summed E-state index contributed by atoms with van der Waals surface area (Å²) in [4.78, 5) is 4.14. The molecule has 2 aromatic rings. The average Bonchev–Trinajstić information content (AvgIpc) is 2.63. The van der Waals surface area contributed by atoms with Crippen LogP contribution in [0.1, 0.15) is 24.9 Å². The summed E-state index contributed by atoms with van der Waals surface area (Å²) in [6.45, 7) is 2.06. The fourth-order valence-corrected chi connectivity index (χ4v) is 1.43. The molecule has 1 aromatic heterocycles. The summed E-state index contributed by atoms with van der Waals surface area (Å²) in [6, 6.07) is 5.89. The molecular weight excluding hydrogens is 164 g/mol. The molecular formula is C10H12N2O. The number of nitrogens with two attached hydrogens (primary N) is 1. The lowest BCUT2D eigenvalue weighted by Crippen LogP contribution is -2.08. The number of para-hydroxylation sites is 1. The van der Waals surface area contributed by atoms with Gasteiger partial charge in [0.15, 0.2) is 12.0 Å². The van der Waals surface area contributed by atoms with Crippen molar-refractivity contribution >= 4 is 11.1 Å². The van der Waals surface area contributed by atoms with Crippen molar-refractivity contribution in [3.8, 4) is 0 Å². The van der Waals surface area contributed by atoms with E-state index >= 15 is 0 Å². The fourth-order valence-electron chi connectivity index (χ4n) is 1.43. The summed E-state index contributed by atoms with van der Waals surface area (Å²) >= 11 is 0. The van der Waals surface area contributed by atoms with Gasteiger partial charge in [-0.1, -0.05) is 19.1 Å². The number of nitrogens with zero attached hydrogens (tertiary/aromatic N) is 1. The van der Waals surface area contributed by atoms with Gasteiger partial charge in [-0.25, -0.2) is 4.98 Å². The number of benzene rings is 1. The largest absolute Gasteiger partial charge is 0.443 e. The second-order valence-corrected chi connectivity index (χ2v) is 3.06. The third-order valence-corrected chi connectivity index (χ3v) is 2.23. The number of hydrogen-bond donors (Lipinski definition) is 1. The Hall–Kier alpha value is -1.35. The molecule has 0 aliphatic carbocycles. The topological polar surface area (TPSA) is 52.0 Å². The molecule has 0 fully saturated rings. The Morgan fingerprint density at radius 1 is 1.54 bits per heavy atom. The van der Waals surface area contributed by atoms with Crippen molar-refractivity contribution in [2.24, 2.45) is 5.73 Å². The van der Waals surface area contributed by atoms with E-state index in [2.05, 4.69) is 11.9 Å². The van der Waals surface area contributed by atoms with E-state index in [0.717, 1.165) is 23.1 Å². The summed E-state index contributed by atoms with van der Waals surface area (Å²) in [5, 5.41) is 0. The molecule has 1 unspecified atom stereocenters. The van der Waals surface area contributed by atoms with Crippen LogP contribution in [-0.4, -0.2) is 4.98 Å². The number of hydrogen-bond acceptors (Lipinski definition) is 3. The monoisotopic (exact) mass is 176 g/mol. The zero-order valence-corrected chi connectivity index (χ0v) is 7.53. The smallest absolute Gasteiger partial charge is 0.181 e. The minimum atomic E-state index is 0.0498. The molecule has 13 heavy (non-hydrogen) atoms. The SMILES string of the molecule is CCC(N)c1cccc2ocnc12. The van der Waals surface area contributed by atoms with Crippen LogP contribution in [0.2, 0.25) is 0 Å². The first-order chi connectivity index (χ1) is 6.33. The lowest BCUT2D eigenvalue weighted by Gasteiger charge is -2.08. The van der Waals surface area contributed by atoms with E-state index in [-0.39, 0.29) is 6.04 Å². The first-order valence-electron chi connectivity index (χ1n) is 4.40. The lowest BCUT2D eigenvalue weighted by atomic mass is 10.0. The molecule has 68 valence electrons. The first-order valence-corrected chi connectivity index (χ1v) is 4.40. The van der Waals surface area contributed by atoms with E-state index in [1.54, 1.807) is 0 Å². The minimum Gasteiger partial charge on any atom is -0.443 e. The van der Waals surface area contributed by atoms with Gasteiger partial charge in [0, 0.05) is 6.04 Å². The van der Waals surface area contributed by atoms with Crippen molar-refractivity contribution in [1.82, 2.24) is 4.98 Å². The molecule has 1 heterocycles. The molecule has 0 radical (unpaired) electrons. The van der Waals surface area contributed by atoms with Gasteiger partial charge in [-0.15, -0.1) is 0 Å². The van der Waals surface area contributed by atoms with E-state index in [0.29, 0.717) is 0 Å². The van der Waals surface area contributed by atoms with Crippen LogP contribution in [0.3, 0.4) is 0 Å². The van der Waals surface area contributed by atoms with Crippen molar-refractivity contribution in [2.75, 3.05) is 0 Å². The number of aromatic nitrogens is 1. The van der Waals surface area contributed by atoms with Crippen LogP contribution in [0, 0.1) is 0 Å². The normalized spacial score (nSPS) is 13.4. The van der Waals surface area contributed by atoms with Gasteiger partial charge < -0.3 is 10.2 Å². The Morgan fingerprint density at radius 3 is 3.15 bits per heavy atom. The average molecular weight is 176 g/mol. The summed E-state index contributed by atoms with van der Waals surface area (Å²) in [5.41, 5.74) is 8.69. The van der Waals surface area contributed by atoms with E-state index in [9.17, 15) is 0 Å². The van der Waals surface area contributed by atoms with Gasteiger partial charge in [-0.05, 0) is 18.1 Å². The van der Waals surface area contributed by atoms with Gasteiger partial charge in [0.1, 0.15) is 5.52 Å². The van der Waals surface area contributed by atoms with Gasteiger partial charge in [0.05, 0.1) is 0 Å². The van der Waals surface area contributed by atoms with Crippen LogP contribution in [0.15, 0.2) is 29.0 Å². The minimum absolute atomic E-state index is 0.0498. The van der Waals surface area contributed by atoms with E-state index < -0.39 is 0 Å². The number of rotatable bonds is 2. The highest BCUT2D eigenvalue weighted by atomic mass is 16.3. The zero-order valence-electron chi connectivity index (χ0n) is 7.53. The second kappa shape index (κ2) is 3.18. The summed E-state index contributed by atoms with van der Waals surface area (Å²) in [6.07, 6.45) is 2.36. The standard InChI is InChI=1S/C10H12N2O/c1-2-8(11)7-4-3-5-9-10(7)12-6-13-9/h3-6,8H,2,11H2,1H3. The van der Waals surface area contributed by atoms with Crippen molar-refractivity contribution in [2.45, 2.75) is 19.4 Å². The van der Waals surface area contributed by atoms with Crippen LogP contribution in [0.5, 0.6) is 0 Å². The van der Waals surface area contributed by atoms with Crippen LogP contribution in [-0.2, 0) is 0 Å². The molecule has 0 saturated carbocycles. The Balaban J connectivity index is 2.60. The molecule has 2 N–H and O–H groups in total. The van der Waals surface area contributed by atoms with Gasteiger partial charge in [0.25, 0.3) is 0 Å². The van der Waals surface area contributed by atoms with Crippen LogP contribution in [0.4, 0.5) is 0 Å². The fraction of sp³-hybridized carbons (Fsp3) is 0.300. The van der Waals surface area contributed by atoms with Crippen molar-refractivity contribution in [3.05, 3.63) is 30.2 Å². The van der Waals surface area contributed by atoms with Crippen LogP contribution >= 0.6 is 0 Å². The van der Waals surface area contributed by atoms with Crippen molar-refractivity contribution < 1.29 is 4.42 Å². The predicted octanol–water partition coefficient (Wildman–Crippen LogP) is 2.24. The maximum Gasteiger partial charge on any atom is 0.181 e. The Labute approximate surface area is 76.6 Å². The highest BCUT2D eigenvalue weighted by Crippen LogP contribution is 2.22. The molecule has 0 amide bonds. The Kier molecular flexibility index (Phi) is 2.02. The van der Waals surface area contributed by atoms with Gasteiger partial charge in [0.2, 0.25) is 0 Å². The second-order valence-electron chi connectivity index (χ2n) is 3.06. The summed E-state index contributed by atoms with van der Waals surface area (Å²) < 4.78 is 5.19. The molecule has 1 aromatic carbocycles. The lowest BCUT2D eigenvalue weighted by molar-refractivity contribution is 0.602. The van der Waals surface area contributed by atoms with Gasteiger partial charge >= 0.3 is 0 Å². The van der Waals surface area contributed by atoms with Crippen molar-refractivity contribution in [3.63, 3.8) is 0 Å². The van der Waals surface area contributed by atoms with Gasteiger partial charge in [-0.2, -0.15) is 0 Å². The summed E-state index contributed by atoms with van der Waals surface area (Å²) in [5.74, 6) is 0. The molecule has 1 atom stereocenters. The molecule has 0 aliphatic rings. The molecule has 0 spiro atoms. The van der Waals surface area contributed by atoms with Crippen molar-refractivity contribution in [1.29, 1.82) is 0 Å². The molecule has 3 heteroatoms. The number of fused-ring (bicyclic) bond motifs is 1. The maximum absolute atomic E-state index is 5.94. The highest BCUT2D eigenvalue weighted by molar-refractivity contribution is 5.76. The van der Waals surface area contributed by atoms with E-state index in [1.807, 2.05) is 18.2 Å². The summed E-state index contributed by atoms with van der Waals surface area (Å²) in [7, 11) is 0. The third-order valence-electron chi connectivity index (χ3n) is 2.23. The Morgan fingerprint density at radius 2 is 2.38 bits per heavy atom. The van der Waals surface area contributed by atoms with Crippen LogP contribution < -0.4 is 5.73 Å². The molecule has 2 rings (SSSR count). The highest BCUT2D eigenvalue weighted by Gasteiger charge is 2.09. The molecule has 3 nitrogen and oxygen atoms in total. The first kappa shape index (κ1) is 8.26. The van der Waals surface area contributed by atoms with Gasteiger partial charge in [-0.3, -0.25) is 0 Å². The Bertz CT molecular complexity index is 408. The molecule has 0 saturated heterocycles. The number of oxazole rings is 1. The van der Waals surface area contributed by atoms with E-state index in [4.69, 9.17) is 10.2 Å². The zero-order chi connectivity index (χ0) is 9.26. The predicted molar refractivity (Wildman–Crippen MR) is 51.2 cm³/mol. The molecule has 0 bridgehead atoms. The third kappa shape index (κ3) is 1.31. The molecule has 0 aliphatic heterocycles.